The van der Waals surface area contributed by atoms with E-state index in [1.165, 1.54) is 0 Å². The minimum Gasteiger partial charge on any atom is -0.496 e. The molecule has 0 saturated carbocycles. The molecule has 0 aliphatic rings. The third-order valence-corrected chi connectivity index (χ3v) is 4.30. The third-order valence-electron chi connectivity index (χ3n) is 4.30. The summed E-state index contributed by atoms with van der Waals surface area (Å²) in [6.45, 7) is 8.01. The summed E-state index contributed by atoms with van der Waals surface area (Å²) in [6.07, 6.45) is 1.63. The molecule has 1 amide bonds. The number of hydrogen-bond donors (Lipinski definition) is 1. The van der Waals surface area contributed by atoms with Crippen molar-refractivity contribution in [2.24, 2.45) is 0 Å². The topological polar surface area (TPSA) is 62.1 Å². The highest BCUT2D eigenvalue weighted by molar-refractivity contribution is 6.10. The van der Waals surface area contributed by atoms with Gasteiger partial charge in [0.1, 0.15) is 17.4 Å². The number of hydrogen-bond acceptors (Lipinski definition) is 3. The maximum atomic E-state index is 12.5. The van der Waals surface area contributed by atoms with Gasteiger partial charge >= 0.3 is 0 Å². The Hall–Kier alpha value is -3.06. The lowest BCUT2D eigenvalue weighted by Crippen LogP contribution is -2.14. The van der Waals surface area contributed by atoms with Crippen LogP contribution in [-0.2, 0) is 4.79 Å². The molecule has 0 unspecified atom stereocenters. The summed E-state index contributed by atoms with van der Waals surface area (Å²) in [5.41, 5.74) is 4.54. The van der Waals surface area contributed by atoms with Crippen LogP contribution in [0.25, 0.3) is 6.08 Å². The zero-order valence-electron chi connectivity index (χ0n) is 15.9. The first-order valence-electron chi connectivity index (χ1n) is 8.54. The number of nitrogens with zero attached hydrogens (tertiary/aromatic N) is 1. The van der Waals surface area contributed by atoms with E-state index in [-0.39, 0.29) is 11.5 Å². The first-order chi connectivity index (χ1) is 12.4. The van der Waals surface area contributed by atoms with Crippen molar-refractivity contribution in [3.63, 3.8) is 0 Å². The lowest BCUT2D eigenvalue weighted by Gasteiger charge is -2.15. The number of nitriles is 1. The molecule has 2 rings (SSSR count). The highest BCUT2D eigenvalue weighted by Gasteiger charge is 2.14. The molecular formula is C22H24N2O2. The van der Waals surface area contributed by atoms with E-state index in [4.69, 9.17) is 4.74 Å². The van der Waals surface area contributed by atoms with Gasteiger partial charge in [-0.15, -0.1) is 0 Å². The Balaban J connectivity index is 2.39. The Morgan fingerprint density at radius 3 is 2.46 bits per heavy atom. The van der Waals surface area contributed by atoms with Crippen LogP contribution in [0.15, 0.2) is 42.0 Å². The molecule has 0 aliphatic heterocycles. The molecule has 2 aromatic carbocycles. The van der Waals surface area contributed by atoms with Crippen LogP contribution in [-0.4, -0.2) is 13.0 Å². The molecule has 0 heterocycles. The van der Waals surface area contributed by atoms with Crippen LogP contribution in [0.2, 0.25) is 0 Å². The number of nitrogens with one attached hydrogen (secondary N) is 1. The lowest BCUT2D eigenvalue weighted by atomic mass is 9.95. The van der Waals surface area contributed by atoms with Crippen LogP contribution in [0, 0.1) is 25.2 Å². The van der Waals surface area contributed by atoms with Crippen molar-refractivity contribution >= 4 is 17.7 Å². The fraction of sp³-hybridized carbons (Fsp3) is 0.273. The Morgan fingerprint density at radius 1 is 1.19 bits per heavy atom. The van der Waals surface area contributed by atoms with Crippen molar-refractivity contribution in [1.29, 1.82) is 5.26 Å². The third kappa shape index (κ3) is 4.31. The van der Waals surface area contributed by atoms with Gasteiger partial charge in [-0.25, -0.2) is 0 Å². The zero-order valence-corrected chi connectivity index (χ0v) is 15.9. The number of carbonyl (C=O) groups is 1. The molecule has 4 nitrogen and oxygen atoms in total. The molecule has 0 spiro atoms. The first-order valence-corrected chi connectivity index (χ1v) is 8.54. The lowest BCUT2D eigenvalue weighted by molar-refractivity contribution is -0.112. The van der Waals surface area contributed by atoms with E-state index in [0.29, 0.717) is 5.69 Å². The molecule has 4 heteroatoms. The molecule has 134 valence electrons. The van der Waals surface area contributed by atoms with Gasteiger partial charge in [0.05, 0.1) is 7.11 Å². The number of aryl methyl sites for hydroxylation is 2. The van der Waals surface area contributed by atoms with Gasteiger partial charge < -0.3 is 10.1 Å². The van der Waals surface area contributed by atoms with E-state index in [1.54, 1.807) is 13.2 Å². The van der Waals surface area contributed by atoms with Crippen molar-refractivity contribution in [3.8, 4) is 11.8 Å². The highest BCUT2D eigenvalue weighted by atomic mass is 16.5. The molecule has 1 N–H and O–H groups in total. The minimum atomic E-state index is -0.414. The van der Waals surface area contributed by atoms with Crippen molar-refractivity contribution in [1.82, 2.24) is 0 Å². The van der Waals surface area contributed by atoms with Gasteiger partial charge in [-0.05, 0) is 66.3 Å². The SMILES string of the molecule is COc1cc(C)c(/C=C(/C#N)C(=O)Nc2ccccc2C)cc1C(C)C. The smallest absolute Gasteiger partial charge is 0.266 e. The summed E-state index contributed by atoms with van der Waals surface area (Å²) in [6, 6.07) is 13.4. The number of amides is 1. The largest absolute Gasteiger partial charge is 0.496 e. The van der Waals surface area contributed by atoms with Gasteiger partial charge in [0.15, 0.2) is 0 Å². The van der Waals surface area contributed by atoms with E-state index in [2.05, 4.69) is 19.2 Å². The molecule has 0 radical (unpaired) electrons. The van der Waals surface area contributed by atoms with Gasteiger partial charge in [-0.2, -0.15) is 5.26 Å². The summed E-state index contributed by atoms with van der Waals surface area (Å²) < 4.78 is 5.45. The predicted molar refractivity (Wildman–Crippen MR) is 105 cm³/mol. The summed E-state index contributed by atoms with van der Waals surface area (Å²) in [7, 11) is 1.65. The van der Waals surface area contributed by atoms with Gasteiger partial charge in [-0.1, -0.05) is 32.0 Å². The van der Waals surface area contributed by atoms with Crippen molar-refractivity contribution in [2.75, 3.05) is 12.4 Å². The Labute approximate surface area is 155 Å². The van der Waals surface area contributed by atoms with E-state index in [9.17, 15) is 10.1 Å². The van der Waals surface area contributed by atoms with Crippen molar-refractivity contribution < 1.29 is 9.53 Å². The van der Waals surface area contributed by atoms with Crippen molar-refractivity contribution in [3.05, 3.63) is 64.2 Å². The average Bonchev–Trinajstić information content (AvgIpc) is 2.61. The van der Waals surface area contributed by atoms with Gasteiger partial charge in [0.2, 0.25) is 0 Å². The van der Waals surface area contributed by atoms with Crippen LogP contribution >= 0.6 is 0 Å². The number of para-hydroxylation sites is 1. The standard InChI is InChI=1S/C22H24N2O2/c1-14(2)19-12-17(16(4)10-21(19)26-5)11-18(13-23)22(25)24-20-9-7-6-8-15(20)3/h6-12,14H,1-5H3,(H,24,25)/b18-11-. The maximum absolute atomic E-state index is 12.5. The molecule has 0 aliphatic carbocycles. The van der Waals surface area contributed by atoms with Crippen molar-refractivity contribution in [2.45, 2.75) is 33.6 Å². The summed E-state index contributed by atoms with van der Waals surface area (Å²) in [5.74, 6) is 0.671. The van der Waals surface area contributed by atoms with Crippen LogP contribution < -0.4 is 10.1 Å². The van der Waals surface area contributed by atoms with Gasteiger partial charge in [0.25, 0.3) is 5.91 Å². The van der Waals surface area contributed by atoms with E-state index in [0.717, 1.165) is 28.0 Å². The van der Waals surface area contributed by atoms with Crippen LogP contribution in [0.3, 0.4) is 0 Å². The molecular weight excluding hydrogens is 324 g/mol. The Kier molecular flexibility index (Phi) is 6.19. The van der Waals surface area contributed by atoms with E-state index < -0.39 is 5.91 Å². The predicted octanol–water partition coefficient (Wildman–Crippen LogP) is 4.98. The molecule has 2 aromatic rings. The Bertz CT molecular complexity index is 890. The number of methoxy groups -OCH3 is 1. The number of benzene rings is 2. The fourth-order valence-corrected chi connectivity index (χ4v) is 2.71. The van der Waals surface area contributed by atoms with Crippen LogP contribution in [0.5, 0.6) is 5.75 Å². The van der Waals surface area contributed by atoms with Gasteiger partial charge in [-0.3, -0.25) is 4.79 Å². The normalized spacial score (nSPS) is 11.2. The number of carbonyl (C=O) groups excluding carboxylic acids is 1. The summed E-state index contributed by atoms with van der Waals surface area (Å²) in [5, 5.41) is 12.3. The van der Waals surface area contributed by atoms with Crippen LogP contribution in [0.1, 0.15) is 42.0 Å². The van der Waals surface area contributed by atoms with Gasteiger partial charge in [0, 0.05) is 5.69 Å². The second-order valence-corrected chi connectivity index (χ2v) is 6.54. The molecule has 0 saturated heterocycles. The minimum absolute atomic E-state index is 0.0660. The first kappa shape index (κ1) is 19.3. The second kappa shape index (κ2) is 8.35. The number of anilines is 1. The summed E-state index contributed by atoms with van der Waals surface area (Å²) in [4.78, 5) is 12.5. The zero-order chi connectivity index (χ0) is 19.3. The highest BCUT2D eigenvalue weighted by Crippen LogP contribution is 2.30. The maximum Gasteiger partial charge on any atom is 0.266 e. The molecule has 26 heavy (non-hydrogen) atoms. The molecule has 0 atom stereocenters. The number of rotatable bonds is 5. The quantitative estimate of drug-likeness (QED) is 0.612. The van der Waals surface area contributed by atoms with E-state index >= 15 is 0 Å². The fourth-order valence-electron chi connectivity index (χ4n) is 2.71. The monoisotopic (exact) mass is 348 g/mol. The second-order valence-electron chi connectivity index (χ2n) is 6.54. The number of ether oxygens (including phenoxy) is 1. The van der Waals surface area contributed by atoms with Crippen LogP contribution in [0.4, 0.5) is 5.69 Å². The van der Waals surface area contributed by atoms with E-state index in [1.807, 2.05) is 56.3 Å². The summed E-state index contributed by atoms with van der Waals surface area (Å²) >= 11 is 0. The molecule has 0 fully saturated rings. The molecule has 0 bridgehead atoms. The Morgan fingerprint density at radius 2 is 1.88 bits per heavy atom. The average molecular weight is 348 g/mol. The molecule has 0 aromatic heterocycles.